The number of para-hydroxylation sites is 1. The monoisotopic (exact) mass is 432 g/mol. The van der Waals surface area contributed by atoms with Gasteiger partial charge in [0.25, 0.3) is 11.6 Å². The van der Waals surface area contributed by atoms with Gasteiger partial charge in [0.15, 0.2) is 5.17 Å². The predicted molar refractivity (Wildman–Crippen MR) is 122 cm³/mol. The Kier molecular flexibility index (Phi) is 5.67. The molecular weight excluding hydrogens is 416 g/mol. The molecule has 4 rings (SSSR count). The molecule has 0 saturated carbocycles. The molecule has 1 aliphatic heterocycles. The van der Waals surface area contributed by atoms with E-state index >= 15 is 0 Å². The summed E-state index contributed by atoms with van der Waals surface area (Å²) in [5.74, 6) is -0.546. The van der Waals surface area contributed by atoms with Crippen molar-refractivity contribution in [3.63, 3.8) is 0 Å². The highest BCUT2D eigenvalue weighted by molar-refractivity contribution is 8.18. The fraction of sp³-hybridized carbons (Fsp3) is 0. The van der Waals surface area contributed by atoms with Crippen LogP contribution in [-0.2, 0) is 4.79 Å². The largest absolute Gasteiger partial charge is 0.507 e. The number of aromatic hydroxyl groups is 1. The molecule has 3 N–H and O–H groups in total. The van der Waals surface area contributed by atoms with Crippen LogP contribution >= 0.6 is 11.8 Å². The molecule has 1 aliphatic rings. The number of aliphatic imine (C=N–C) groups is 1. The quantitative estimate of drug-likeness (QED) is 0.299. The second-order valence-electron chi connectivity index (χ2n) is 6.52. The minimum atomic E-state index is -0.563. The summed E-state index contributed by atoms with van der Waals surface area (Å²) in [4.78, 5) is 27.3. The van der Waals surface area contributed by atoms with E-state index in [0.717, 1.165) is 23.1 Å². The molecule has 154 valence electrons. The van der Waals surface area contributed by atoms with Crippen LogP contribution in [-0.4, -0.2) is 21.1 Å². The topological polar surface area (TPSA) is 117 Å². The van der Waals surface area contributed by atoms with Gasteiger partial charge in [-0.15, -0.1) is 0 Å². The van der Waals surface area contributed by atoms with Crippen molar-refractivity contribution in [2.75, 3.05) is 5.32 Å². The van der Waals surface area contributed by atoms with Crippen LogP contribution in [0.5, 0.6) is 5.75 Å². The number of phenolic OH excluding ortho intramolecular Hbond substituents is 1. The highest BCUT2D eigenvalue weighted by Crippen LogP contribution is 2.32. The molecule has 0 aromatic heterocycles. The first-order valence-electron chi connectivity index (χ1n) is 9.17. The number of anilines is 2. The lowest BCUT2D eigenvalue weighted by molar-refractivity contribution is -0.384. The average Bonchev–Trinajstić information content (AvgIpc) is 3.10. The van der Waals surface area contributed by atoms with Gasteiger partial charge < -0.3 is 15.7 Å². The number of amidine groups is 1. The van der Waals surface area contributed by atoms with Crippen molar-refractivity contribution in [2.24, 2.45) is 4.99 Å². The lowest BCUT2D eigenvalue weighted by Crippen LogP contribution is -2.19. The summed E-state index contributed by atoms with van der Waals surface area (Å²) in [6.45, 7) is 0. The smallest absolute Gasteiger partial charge is 0.270 e. The maximum absolute atomic E-state index is 12.3. The molecule has 8 nitrogen and oxygen atoms in total. The Morgan fingerprint density at radius 2 is 1.74 bits per heavy atom. The van der Waals surface area contributed by atoms with Crippen LogP contribution in [0.2, 0.25) is 0 Å². The Hall–Kier alpha value is -4.11. The van der Waals surface area contributed by atoms with Crippen LogP contribution in [0.3, 0.4) is 0 Å². The van der Waals surface area contributed by atoms with E-state index in [2.05, 4.69) is 15.6 Å². The molecule has 1 amide bonds. The minimum Gasteiger partial charge on any atom is -0.507 e. The van der Waals surface area contributed by atoms with Crippen LogP contribution in [0, 0.1) is 10.1 Å². The highest BCUT2D eigenvalue weighted by atomic mass is 32.2. The molecule has 1 heterocycles. The summed E-state index contributed by atoms with van der Waals surface area (Å²) in [6, 6.07) is 20.8. The van der Waals surface area contributed by atoms with Crippen molar-refractivity contribution in [3.05, 3.63) is 93.4 Å². The van der Waals surface area contributed by atoms with E-state index in [-0.39, 0.29) is 21.9 Å². The van der Waals surface area contributed by atoms with Gasteiger partial charge in [-0.25, -0.2) is 4.99 Å². The number of benzene rings is 3. The van der Waals surface area contributed by atoms with E-state index in [4.69, 9.17) is 0 Å². The number of nitro groups is 1. The first kappa shape index (κ1) is 20.2. The van der Waals surface area contributed by atoms with Crippen molar-refractivity contribution in [3.8, 4) is 5.75 Å². The molecule has 3 aromatic rings. The van der Waals surface area contributed by atoms with E-state index in [1.54, 1.807) is 0 Å². The Labute approximate surface area is 181 Å². The molecule has 0 unspecified atom stereocenters. The maximum atomic E-state index is 12.3. The molecule has 9 heteroatoms. The fourth-order valence-electron chi connectivity index (χ4n) is 2.82. The van der Waals surface area contributed by atoms with Gasteiger partial charge in [0.05, 0.1) is 15.5 Å². The molecule has 0 bridgehead atoms. The first-order valence-corrected chi connectivity index (χ1v) is 9.99. The molecule has 31 heavy (non-hydrogen) atoms. The van der Waals surface area contributed by atoms with Gasteiger partial charge in [0.2, 0.25) is 0 Å². The minimum absolute atomic E-state index is 0.154. The Bertz CT molecular complexity index is 1210. The van der Waals surface area contributed by atoms with Crippen molar-refractivity contribution >= 4 is 51.7 Å². The second-order valence-corrected chi connectivity index (χ2v) is 7.55. The number of nitrogens with one attached hydrogen (secondary N) is 2. The lowest BCUT2D eigenvalue weighted by Gasteiger charge is -2.06. The van der Waals surface area contributed by atoms with Crippen molar-refractivity contribution < 1.29 is 14.8 Å². The van der Waals surface area contributed by atoms with Crippen LogP contribution < -0.4 is 10.6 Å². The average molecular weight is 432 g/mol. The zero-order chi connectivity index (χ0) is 21.8. The molecule has 0 aliphatic carbocycles. The predicted octanol–water partition coefficient (Wildman–Crippen LogP) is 4.94. The van der Waals surface area contributed by atoms with Gasteiger partial charge in [-0.3, -0.25) is 14.9 Å². The van der Waals surface area contributed by atoms with E-state index in [1.807, 2.05) is 54.6 Å². The van der Waals surface area contributed by atoms with Crippen molar-refractivity contribution in [2.45, 2.75) is 0 Å². The molecule has 3 aromatic carbocycles. The molecule has 1 fully saturated rings. The number of hydrogen-bond donors (Lipinski definition) is 3. The summed E-state index contributed by atoms with van der Waals surface area (Å²) in [5, 5.41) is 27.2. The first-order chi connectivity index (χ1) is 15.0. The number of phenols is 1. The molecule has 0 atom stereocenters. The van der Waals surface area contributed by atoms with E-state index < -0.39 is 10.8 Å². The third-order valence-electron chi connectivity index (χ3n) is 4.32. The normalized spacial score (nSPS) is 15.8. The zero-order valence-electron chi connectivity index (χ0n) is 16.0. The summed E-state index contributed by atoms with van der Waals surface area (Å²) in [6.07, 6.45) is 1.40. The standard InChI is InChI=1S/C22H16N4O4S/c27-19-11-10-18(26(29)30)12-14(19)13-20-21(28)25-22(31-20)24-17-8-6-16(7-9-17)23-15-4-2-1-3-5-15/h1-13,23,27H,(H,24,25,28)/b20-13-. The highest BCUT2D eigenvalue weighted by Gasteiger charge is 2.24. The molecule has 0 radical (unpaired) electrons. The van der Waals surface area contributed by atoms with Gasteiger partial charge in [0.1, 0.15) is 5.75 Å². The van der Waals surface area contributed by atoms with Crippen LogP contribution in [0.15, 0.2) is 82.7 Å². The van der Waals surface area contributed by atoms with Crippen molar-refractivity contribution in [1.29, 1.82) is 0 Å². The molecular formula is C22H16N4O4S. The number of non-ortho nitro benzene ring substituents is 1. The number of rotatable bonds is 5. The Morgan fingerprint density at radius 3 is 2.45 bits per heavy atom. The fourth-order valence-corrected chi connectivity index (χ4v) is 3.65. The third kappa shape index (κ3) is 4.90. The van der Waals surface area contributed by atoms with Gasteiger partial charge in [-0.2, -0.15) is 0 Å². The molecule has 0 spiro atoms. The number of hydrogen-bond acceptors (Lipinski definition) is 7. The number of nitro benzene ring substituents is 1. The summed E-state index contributed by atoms with van der Waals surface area (Å²) in [5.41, 5.74) is 2.54. The number of carbonyl (C=O) groups excluding carboxylic acids is 1. The number of thioether (sulfide) groups is 1. The summed E-state index contributed by atoms with van der Waals surface area (Å²) >= 11 is 1.09. The van der Waals surface area contributed by atoms with Crippen LogP contribution in [0.1, 0.15) is 5.56 Å². The van der Waals surface area contributed by atoms with Gasteiger partial charge in [-0.05, 0) is 60.3 Å². The van der Waals surface area contributed by atoms with Gasteiger partial charge in [-0.1, -0.05) is 18.2 Å². The Balaban J connectivity index is 1.50. The summed E-state index contributed by atoms with van der Waals surface area (Å²) < 4.78 is 0. The number of amides is 1. The van der Waals surface area contributed by atoms with Gasteiger partial charge in [0, 0.05) is 29.1 Å². The zero-order valence-corrected chi connectivity index (χ0v) is 16.8. The Morgan fingerprint density at radius 1 is 1.03 bits per heavy atom. The number of carbonyl (C=O) groups is 1. The van der Waals surface area contributed by atoms with E-state index in [1.165, 1.54) is 24.3 Å². The van der Waals surface area contributed by atoms with Crippen LogP contribution in [0.25, 0.3) is 6.08 Å². The number of nitrogens with zero attached hydrogens (tertiary/aromatic N) is 2. The van der Waals surface area contributed by atoms with Crippen molar-refractivity contribution in [1.82, 2.24) is 5.32 Å². The SMILES string of the molecule is O=C1NC(=Nc2ccc(Nc3ccccc3)cc2)S/C1=C\c1cc([N+](=O)[O-])ccc1O. The second kappa shape index (κ2) is 8.72. The lowest BCUT2D eigenvalue weighted by atomic mass is 10.1. The third-order valence-corrected chi connectivity index (χ3v) is 5.23. The summed E-state index contributed by atoms with van der Waals surface area (Å²) in [7, 11) is 0. The van der Waals surface area contributed by atoms with E-state index in [9.17, 15) is 20.0 Å². The maximum Gasteiger partial charge on any atom is 0.270 e. The molecule has 1 saturated heterocycles. The van der Waals surface area contributed by atoms with Gasteiger partial charge >= 0.3 is 0 Å². The van der Waals surface area contributed by atoms with Crippen LogP contribution in [0.4, 0.5) is 22.7 Å². The van der Waals surface area contributed by atoms with E-state index in [0.29, 0.717) is 10.9 Å².